The number of anilines is 4. The molecule has 6 nitrogen and oxygen atoms in total. The molecule has 0 unspecified atom stereocenters. The van der Waals surface area contributed by atoms with Crippen molar-refractivity contribution in [2.75, 3.05) is 49.8 Å². The standard InChI is InChI=1S/C21H28N6S/c1-16-5-7-18(8-6-16)23-19-13-20(26(2)3)25-21(24-19)22-10-11-27(4)14-17-9-12-28-15-17/h5-9,12-13,15H,10-11,14H2,1-4H3,(H2,22,23,24,25). The van der Waals surface area contributed by atoms with Crippen LogP contribution in [0, 0.1) is 6.92 Å². The SMILES string of the molecule is Cc1ccc(Nc2cc(N(C)C)nc(NCCN(C)Cc3ccsc3)n2)cc1. The number of nitrogens with zero attached hydrogens (tertiary/aromatic N) is 4. The first kappa shape index (κ1) is 20.1. The van der Waals surface area contributed by atoms with Crippen LogP contribution in [0.5, 0.6) is 0 Å². The molecule has 0 fully saturated rings. The zero-order valence-electron chi connectivity index (χ0n) is 16.9. The topological polar surface area (TPSA) is 56.3 Å². The predicted octanol–water partition coefficient (Wildman–Crippen LogP) is 4.20. The van der Waals surface area contributed by atoms with Crippen LogP contribution in [0.2, 0.25) is 0 Å². The minimum absolute atomic E-state index is 0.629. The molecular formula is C21H28N6S. The molecule has 0 atom stereocenters. The molecular weight excluding hydrogens is 368 g/mol. The molecule has 7 heteroatoms. The number of aromatic nitrogens is 2. The van der Waals surface area contributed by atoms with Crippen LogP contribution in [0.3, 0.4) is 0 Å². The summed E-state index contributed by atoms with van der Waals surface area (Å²) in [4.78, 5) is 13.5. The van der Waals surface area contributed by atoms with E-state index in [1.807, 2.05) is 25.1 Å². The van der Waals surface area contributed by atoms with Crippen molar-refractivity contribution >= 4 is 34.6 Å². The first-order chi connectivity index (χ1) is 13.5. The van der Waals surface area contributed by atoms with Gasteiger partial charge >= 0.3 is 0 Å². The summed E-state index contributed by atoms with van der Waals surface area (Å²) < 4.78 is 0. The van der Waals surface area contributed by atoms with E-state index in [-0.39, 0.29) is 0 Å². The molecule has 0 saturated heterocycles. The van der Waals surface area contributed by atoms with Crippen molar-refractivity contribution in [1.29, 1.82) is 0 Å². The van der Waals surface area contributed by atoms with Gasteiger partial charge in [-0.3, -0.25) is 0 Å². The lowest BCUT2D eigenvalue weighted by atomic mass is 10.2. The molecule has 2 aromatic heterocycles. The van der Waals surface area contributed by atoms with Gasteiger partial charge in [-0.25, -0.2) is 0 Å². The summed E-state index contributed by atoms with van der Waals surface area (Å²) in [5, 5.41) is 11.0. The Morgan fingerprint density at radius 2 is 1.82 bits per heavy atom. The monoisotopic (exact) mass is 396 g/mol. The Labute approximate surface area is 171 Å². The zero-order chi connectivity index (χ0) is 19.9. The first-order valence-electron chi connectivity index (χ1n) is 9.33. The molecule has 2 heterocycles. The van der Waals surface area contributed by atoms with Gasteiger partial charge in [-0.15, -0.1) is 0 Å². The molecule has 0 amide bonds. The van der Waals surface area contributed by atoms with Crippen molar-refractivity contribution in [2.24, 2.45) is 0 Å². The van der Waals surface area contributed by atoms with Crippen molar-refractivity contribution in [3.05, 3.63) is 58.3 Å². The largest absolute Gasteiger partial charge is 0.363 e. The molecule has 148 valence electrons. The second-order valence-electron chi connectivity index (χ2n) is 7.12. The number of hydrogen-bond donors (Lipinski definition) is 2. The molecule has 0 saturated carbocycles. The minimum atomic E-state index is 0.629. The molecule has 0 aliphatic carbocycles. The molecule has 0 spiro atoms. The Morgan fingerprint density at radius 3 is 2.50 bits per heavy atom. The van der Waals surface area contributed by atoms with Crippen LogP contribution in [0.15, 0.2) is 47.2 Å². The van der Waals surface area contributed by atoms with Gasteiger partial charge in [0.2, 0.25) is 5.95 Å². The van der Waals surface area contributed by atoms with Crippen LogP contribution in [-0.2, 0) is 6.54 Å². The van der Waals surface area contributed by atoms with Gasteiger partial charge in [0.1, 0.15) is 11.6 Å². The van der Waals surface area contributed by atoms with Crippen molar-refractivity contribution in [3.8, 4) is 0 Å². The number of rotatable bonds is 9. The lowest BCUT2D eigenvalue weighted by Gasteiger charge is -2.18. The number of aryl methyl sites for hydroxylation is 1. The second-order valence-corrected chi connectivity index (χ2v) is 7.90. The lowest BCUT2D eigenvalue weighted by molar-refractivity contribution is 0.340. The van der Waals surface area contributed by atoms with Crippen LogP contribution in [0.1, 0.15) is 11.1 Å². The van der Waals surface area contributed by atoms with Crippen LogP contribution in [-0.4, -0.2) is 49.1 Å². The highest BCUT2D eigenvalue weighted by molar-refractivity contribution is 7.07. The van der Waals surface area contributed by atoms with E-state index in [0.717, 1.165) is 37.0 Å². The third-order valence-electron chi connectivity index (χ3n) is 4.30. The van der Waals surface area contributed by atoms with Gasteiger partial charge in [0.25, 0.3) is 0 Å². The summed E-state index contributed by atoms with van der Waals surface area (Å²) in [6.45, 7) is 4.72. The number of nitrogens with one attached hydrogen (secondary N) is 2. The average Bonchev–Trinajstić information content (AvgIpc) is 3.16. The van der Waals surface area contributed by atoms with Gasteiger partial charge < -0.3 is 20.4 Å². The summed E-state index contributed by atoms with van der Waals surface area (Å²) in [5.41, 5.74) is 3.59. The fraction of sp³-hybridized carbons (Fsp3) is 0.333. The normalized spacial score (nSPS) is 10.9. The van der Waals surface area contributed by atoms with Crippen LogP contribution >= 0.6 is 11.3 Å². The Hall–Kier alpha value is -2.64. The molecule has 2 N–H and O–H groups in total. The molecule has 3 rings (SSSR count). The highest BCUT2D eigenvalue weighted by Crippen LogP contribution is 2.20. The summed E-state index contributed by atoms with van der Waals surface area (Å²) in [7, 11) is 6.09. The third kappa shape index (κ3) is 5.94. The Kier molecular flexibility index (Phi) is 6.84. The smallest absolute Gasteiger partial charge is 0.226 e. The fourth-order valence-corrected chi connectivity index (χ4v) is 3.38. The summed E-state index contributed by atoms with van der Waals surface area (Å²) in [6, 6.07) is 12.4. The van der Waals surface area contributed by atoms with E-state index in [0.29, 0.717) is 5.95 Å². The highest BCUT2D eigenvalue weighted by Gasteiger charge is 2.08. The Morgan fingerprint density at radius 1 is 1.04 bits per heavy atom. The number of thiophene rings is 1. The zero-order valence-corrected chi connectivity index (χ0v) is 17.8. The minimum Gasteiger partial charge on any atom is -0.363 e. The molecule has 0 radical (unpaired) electrons. The van der Waals surface area contributed by atoms with Crippen LogP contribution < -0.4 is 15.5 Å². The van der Waals surface area contributed by atoms with Crippen LogP contribution in [0.25, 0.3) is 0 Å². The fourth-order valence-electron chi connectivity index (χ4n) is 2.72. The Balaban J connectivity index is 1.62. The molecule has 3 aromatic rings. The first-order valence-corrected chi connectivity index (χ1v) is 10.3. The van der Waals surface area contributed by atoms with Gasteiger partial charge in [-0.1, -0.05) is 17.7 Å². The van der Waals surface area contributed by atoms with E-state index in [9.17, 15) is 0 Å². The number of likely N-dealkylation sites (N-methyl/N-ethyl adjacent to an activating group) is 1. The molecule has 0 aliphatic heterocycles. The second kappa shape index (κ2) is 9.52. The van der Waals surface area contributed by atoms with Gasteiger partial charge in [0.15, 0.2) is 0 Å². The van der Waals surface area contributed by atoms with Crippen molar-refractivity contribution in [3.63, 3.8) is 0 Å². The van der Waals surface area contributed by atoms with E-state index in [4.69, 9.17) is 0 Å². The van der Waals surface area contributed by atoms with Gasteiger partial charge in [-0.2, -0.15) is 21.3 Å². The number of hydrogen-bond acceptors (Lipinski definition) is 7. The molecule has 28 heavy (non-hydrogen) atoms. The van der Waals surface area contributed by atoms with E-state index in [1.165, 1.54) is 11.1 Å². The van der Waals surface area contributed by atoms with Crippen LogP contribution in [0.4, 0.5) is 23.3 Å². The van der Waals surface area contributed by atoms with E-state index >= 15 is 0 Å². The van der Waals surface area contributed by atoms with E-state index in [2.05, 4.69) is 80.6 Å². The molecule has 0 aliphatic rings. The molecule has 1 aromatic carbocycles. The van der Waals surface area contributed by atoms with Crippen molar-refractivity contribution < 1.29 is 0 Å². The third-order valence-corrected chi connectivity index (χ3v) is 5.04. The molecule has 0 bridgehead atoms. The van der Waals surface area contributed by atoms with Gasteiger partial charge in [-0.05, 0) is 48.5 Å². The summed E-state index contributed by atoms with van der Waals surface area (Å²) >= 11 is 1.74. The van der Waals surface area contributed by atoms with Crippen molar-refractivity contribution in [2.45, 2.75) is 13.5 Å². The quantitative estimate of drug-likeness (QED) is 0.565. The Bertz CT molecular complexity index is 861. The van der Waals surface area contributed by atoms with E-state index in [1.54, 1.807) is 11.3 Å². The highest BCUT2D eigenvalue weighted by atomic mass is 32.1. The maximum atomic E-state index is 4.63. The van der Waals surface area contributed by atoms with Gasteiger partial charge in [0, 0.05) is 45.5 Å². The van der Waals surface area contributed by atoms with E-state index < -0.39 is 0 Å². The summed E-state index contributed by atoms with van der Waals surface area (Å²) in [5.74, 6) is 2.26. The summed E-state index contributed by atoms with van der Waals surface area (Å²) in [6.07, 6.45) is 0. The average molecular weight is 397 g/mol. The number of benzene rings is 1. The maximum Gasteiger partial charge on any atom is 0.226 e. The lowest BCUT2D eigenvalue weighted by Crippen LogP contribution is -2.25. The van der Waals surface area contributed by atoms with Crippen molar-refractivity contribution in [1.82, 2.24) is 14.9 Å². The maximum absolute atomic E-state index is 4.63. The predicted molar refractivity (Wildman–Crippen MR) is 120 cm³/mol. The van der Waals surface area contributed by atoms with Gasteiger partial charge in [0.05, 0.1) is 0 Å².